The van der Waals surface area contributed by atoms with Gasteiger partial charge in [0.25, 0.3) is 0 Å². The molecule has 0 radical (unpaired) electrons. The molecule has 1 aliphatic heterocycles. The van der Waals surface area contributed by atoms with Gasteiger partial charge in [0.2, 0.25) is 0 Å². The van der Waals surface area contributed by atoms with Crippen molar-refractivity contribution in [2.75, 3.05) is 25.4 Å². The highest BCUT2D eigenvalue weighted by Gasteiger charge is 2.16. The van der Waals surface area contributed by atoms with Crippen molar-refractivity contribution in [3.8, 4) is 0 Å². The van der Waals surface area contributed by atoms with Gasteiger partial charge >= 0.3 is 0 Å². The van der Waals surface area contributed by atoms with Crippen molar-refractivity contribution in [2.24, 2.45) is 0 Å². The van der Waals surface area contributed by atoms with E-state index in [-0.39, 0.29) is 0 Å². The van der Waals surface area contributed by atoms with E-state index >= 15 is 0 Å². The summed E-state index contributed by atoms with van der Waals surface area (Å²) in [6.45, 7) is 8.78. The first kappa shape index (κ1) is 13.4. The van der Waals surface area contributed by atoms with E-state index in [4.69, 9.17) is 5.73 Å². The van der Waals surface area contributed by atoms with Gasteiger partial charge in [-0.05, 0) is 45.3 Å². The molecule has 3 rings (SSSR count). The zero-order chi connectivity index (χ0) is 14.1. The summed E-state index contributed by atoms with van der Waals surface area (Å²) in [6.07, 6.45) is 5.61. The van der Waals surface area contributed by atoms with Gasteiger partial charge in [-0.15, -0.1) is 0 Å². The quantitative estimate of drug-likeness (QED) is 0.930. The monoisotopic (exact) mass is 273 g/mol. The van der Waals surface area contributed by atoms with E-state index in [1.807, 2.05) is 0 Å². The van der Waals surface area contributed by atoms with E-state index in [1.165, 1.54) is 43.6 Å². The molecule has 20 heavy (non-hydrogen) atoms. The van der Waals surface area contributed by atoms with Crippen molar-refractivity contribution in [3.63, 3.8) is 0 Å². The minimum Gasteiger partial charge on any atom is -0.383 e. The molecular weight excluding hydrogens is 250 g/mol. The van der Waals surface area contributed by atoms with Gasteiger partial charge in [0.05, 0.1) is 5.39 Å². The minimum absolute atomic E-state index is 0.590. The summed E-state index contributed by atoms with van der Waals surface area (Å²) in [6, 6.07) is 0. The van der Waals surface area contributed by atoms with E-state index in [9.17, 15) is 0 Å². The lowest BCUT2D eigenvalue weighted by Gasteiger charge is -2.26. The molecule has 1 saturated heterocycles. The van der Waals surface area contributed by atoms with Crippen molar-refractivity contribution in [1.82, 2.24) is 19.4 Å². The Morgan fingerprint density at radius 2 is 1.85 bits per heavy atom. The Morgan fingerprint density at radius 3 is 2.60 bits per heavy atom. The van der Waals surface area contributed by atoms with E-state index < -0.39 is 0 Å². The average Bonchev–Trinajstić information content (AvgIpc) is 2.71. The third-order valence-electron chi connectivity index (χ3n) is 4.52. The Kier molecular flexibility index (Phi) is 3.61. The summed E-state index contributed by atoms with van der Waals surface area (Å²) in [7, 11) is 0. The van der Waals surface area contributed by atoms with Gasteiger partial charge in [0.1, 0.15) is 17.8 Å². The number of nitrogen functional groups attached to an aromatic ring is 1. The maximum Gasteiger partial charge on any atom is 0.145 e. The van der Waals surface area contributed by atoms with Crippen LogP contribution in [0, 0.1) is 13.8 Å². The number of likely N-dealkylation sites (tertiary alicyclic amines) is 1. The standard InChI is InChI=1S/C15H23N5/c1-11-12(2)20(9-8-19-6-4-3-5-7-19)15-13(11)14(16)17-10-18-15/h10H,3-9H2,1-2H3,(H2,16,17,18). The SMILES string of the molecule is Cc1c(C)n(CCN2CCCCC2)c2ncnc(N)c12. The molecule has 2 aromatic heterocycles. The topological polar surface area (TPSA) is 60.0 Å². The smallest absolute Gasteiger partial charge is 0.145 e. The molecule has 0 atom stereocenters. The number of anilines is 1. The molecule has 108 valence electrons. The molecule has 0 aromatic carbocycles. The molecule has 0 bridgehead atoms. The summed E-state index contributed by atoms with van der Waals surface area (Å²) >= 11 is 0. The second-order valence-electron chi connectivity index (χ2n) is 5.72. The summed E-state index contributed by atoms with van der Waals surface area (Å²) in [5.41, 5.74) is 9.44. The number of aryl methyl sites for hydroxylation is 1. The first-order chi connectivity index (χ1) is 9.68. The zero-order valence-corrected chi connectivity index (χ0v) is 12.4. The maximum absolute atomic E-state index is 6.00. The highest BCUT2D eigenvalue weighted by atomic mass is 15.2. The largest absolute Gasteiger partial charge is 0.383 e. The maximum atomic E-state index is 6.00. The Hall–Kier alpha value is -1.62. The molecule has 0 spiro atoms. The lowest BCUT2D eigenvalue weighted by atomic mass is 10.1. The Balaban J connectivity index is 1.87. The van der Waals surface area contributed by atoms with Crippen molar-refractivity contribution >= 4 is 16.9 Å². The highest BCUT2D eigenvalue weighted by molar-refractivity contribution is 5.90. The predicted molar refractivity (Wildman–Crippen MR) is 81.7 cm³/mol. The molecule has 2 aromatic rings. The number of rotatable bonds is 3. The molecule has 0 unspecified atom stereocenters. The van der Waals surface area contributed by atoms with Crippen LogP contribution in [0.25, 0.3) is 11.0 Å². The van der Waals surface area contributed by atoms with Gasteiger partial charge < -0.3 is 15.2 Å². The Bertz CT molecular complexity index is 610. The second-order valence-corrected chi connectivity index (χ2v) is 5.72. The van der Waals surface area contributed by atoms with Gasteiger partial charge in [-0.1, -0.05) is 6.42 Å². The average molecular weight is 273 g/mol. The fourth-order valence-corrected chi connectivity index (χ4v) is 3.19. The molecule has 3 heterocycles. The molecule has 0 amide bonds. The number of piperidine rings is 1. The van der Waals surface area contributed by atoms with E-state index in [0.29, 0.717) is 5.82 Å². The number of nitrogens with zero attached hydrogens (tertiary/aromatic N) is 4. The van der Waals surface area contributed by atoms with Crippen molar-refractivity contribution in [3.05, 3.63) is 17.6 Å². The zero-order valence-electron chi connectivity index (χ0n) is 12.4. The van der Waals surface area contributed by atoms with E-state index in [0.717, 1.165) is 24.1 Å². The molecular formula is C15H23N5. The Morgan fingerprint density at radius 1 is 1.10 bits per heavy atom. The highest BCUT2D eigenvalue weighted by Crippen LogP contribution is 2.26. The van der Waals surface area contributed by atoms with Crippen LogP contribution in [0.3, 0.4) is 0 Å². The van der Waals surface area contributed by atoms with Gasteiger partial charge in [0.15, 0.2) is 0 Å². The first-order valence-corrected chi connectivity index (χ1v) is 7.46. The predicted octanol–water partition coefficient (Wildman–Crippen LogP) is 2.12. The summed E-state index contributed by atoms with van der Waals surface area (Å²) in [5.74, 6) is 0.590. The molecule has 2 N–H and O–H groups in total. The van der Waals surface area contributed by atoms with Gasteiger partial charge in [-0.25, -0.2) is 9.97 Å². The number of hydrogen-bond acceptors (Lipinski definition) is 4. The number of nitrogens with two attached hydrogens (primary N) is 1. The molecule has 1 aliphatic rings. The van der Waals surface area contributed by atoms with Crippen LogP contribution in [0.1, 0.15) is 30.5 Å². The molecule has 1 fully saturated rings. The summed E-state index contributed by atoms with van der Waals surface area (Å²) < 4.78 is 2.29. The van der Waals surface area contributed by atoms with Crippen LogP contribution in [-0.4, -0.2) is 39.1 Å². The van der Waals surface area contributed by atoms with Crippen LogP contribution in [0.2, 0.25) is 0 Å². The van der Waals surface area contributed by atoms with E-state index in [1.54, 1.807) is 6.33 Å². The second kappa shape index (κ2) is 5.40. The fourth-order valence-electron chi connectivity index (χ4n) is 3.19. The van der Waals surface area contributed by atoms with Crippen molar-refractivity contribution < 1.29 is 0 Å². The summed E-state index contributed by atoms with van der Waals surface area (Å²) in [4.78, 5) is 11.1. The Labute approximate surface area is 119 Å². The van der Waals surface area contributed by atoms with Crippen LogP contribution >= 0.6 is 0 Å². The van der Waals surface area contributed by atoms with Crippen molar-refractivity contribution in [2.45, 2.75) is 39.7 Å². The lowest BCUT2D eigenvalue weighted by molar-refractivity contribution is 0.221. The fraction of sp³-hybridized carbons (Fsp3) is 0.600. The number of fused-ring (bicyclic) bond motifs is 1. The van der Waals surface area contributed by atoms with Crippen LogP contribution in [0.15, 0.2) is 6.33 Å². The third kappa shape index (κ3) is 2.26. The van der Waals surface area contributed by atoms with Gasteiger partial charge in [-0.2, -0.15) is 0 Å². The van der Waals surface area contributed by atoms with Crippen LogP contribution in [-0.2, 0) is 6.54 Å². The molecule has 0 saturated carbocycles. The van der Waals surface area contributed by atoms with Crippen molar-refractivity contribution in [1.29, 1.82) is 0 Å². The van der Waals surface area contributed by atoms with Gasteiger partial charge in [-0.3, -0.25) is 0 Å². The molecule has 0 aliphatic carbocycles. The van der Waals surface area contributed by atoms with Crippen LogP contribution < -0.4 is 5.73 Å². The summed E-state index contributed by atoms with van der Waals surface area (Å²) in [5, 5.41) is 1.02. The van der Waals surface area contributed by atoms with E-state index in [2.05, 4.69) is 33.3 Å². The third-order valence-corrected chi connectivity index (χ3v) is 4.52. The van der Waals surface area contributed by atoms with Crippen LogP contribution in [0.5, 0.6) is 0 Å². The number of aromatic nitrogens is 3. The van der Waals surface area contributed by atoms with Gasteiger partial charge in [0, 0.05) is 18.8 Å². The minimum atomic E-state index is 0.590. The number of hydrogen-bond donors (Lipinski definition) is 1. The molecule has 5 nitrogen and oxygen atoms in total. The normalized spacial score (nSPS) is 16.9. The first-order valence-electron chi connectivity index (χ1n) is 7.46. The lowest BCUT2D eigenvalue weighted by Crippen LogP contribution is -2.32. The molecule has 5 heteroatoms. The van der Waals surface area contributed by atoms with Crippen LogP contribution in [0.4, 0.5) is 5.82 Å².